The molecule has 2 atom stereocenters. The van der Waals surface area contributed by atoms with E-state index < -0.39 is 13.4 Å². The molecule has 0 aliphatic carbocycles. The predicted octanol–water partition coefficient (Wildman–Crippen LogP) is 6.06. The number of pyridine rings is 1. The predicted molar refractivity (Wildman–Crippen MR) is 118 cm³/mol. The number of hydrogen-bond acceptors (Lipinski definition) is 6. The summed E-state index contributed by atoms with van der Waals surface area (Å²) in [5, 5.41) is 14.0. The molecule has 6 nitrogen and oxygen atoms in total. The van der Waals surface area contributed by atoms with Crippen LogP contribution in [0.3, 0.4) is 0 Å². The summed E-state index contributed by atoms with van der Waals surface area (Å²) in [6.07, 6.45) is 3.31. The van der Waals surface area contributed by atoms with E-state index in [9.17, 15) is 9.67 Å². The van der Waals surface area contributed by atoms with Crippen molar-refractivity contribution < 1.29 is 18.7 Å². The van der Waals surface area contributed by atoms with Crippen molar-refractivity contribution in [1.29, 1.82) is 0 Å². The van der Waals surface area contributed by atoms with Crippen LogP contribution in [0.2, 0.25) is 0 Å². The lowest BCUT2D eigenvalue weighted by Crippen LogP contribution is -2.21. The van der Waals surface area contributed by atoms with E-state index in [1.165, 1.54) is 7.11 Å². The Kier molecular flexibility index (Phi) is 6.71. The number of nitrogens with one attached hydrogen (secondary N) is 1. The second-order valence-corrected chi connectivity index (χ2v) is 11.6. The quantitative estimate of drug-likeness (QED) is 0.553. The summed E-state index contributed by atoms with van der Waals surface area (Å²) >= 11 is 0. The second-order valence-electron chi connectivity index (χ2n) is 9.24. The monoisotopic (exact) mass is 420 g/mol. The van der Waals surface area contributed by atoms with Gasteiger partial charge >= 0.3 is 7.60 Å². The largest absolute Gasteiger partial charge is 0.507 e. The van der Waals surface area contributed by atoms with Crippen LogP contribution in [0.5, 0.6) is 11.5 Å². The molecule has 2 rings (SSSR count). The van der Waals surface area contributed by atoms with Gasteiger partial charge in [-0.2, -0.15) is 0 Å². The molecule has 2 N–H and O–H groups in total. The van der Waals surface area contributed by atoms with Gasteiger partial charge in [-0.05, 0) is 42.0 Å². The summed E-state index contributed by atoms with van der Waals surface area (Å²) in [6.45, 7) is 13.8. The molecule has 0 aliphatic rings. The minimum atomic E-state index is -3.56. The van der Waals surface area contributed by atoms with Crippen LogP contribution in [0.25, 0.3) is 0 Å². The second kappa shape index (κ2) is 8.37. The maximum Gasteiger partial charge on any atom is 0.400 e. The number of phenols is 1. The molecule has 0 radical (unpaired) electrons. The van der Waals surface area contributed by atoms with E-state index in [0.29, 0.717) is 5.75 Å². The minimum Gasteiger partial charge on any atom is -0.507 e. The first-order chi connectivity index (χ1) is 13.3. The average molecular weight is 420 g/mol. The minimum absolute atomic E-state index is 0.242. The number of nitrogens with zero attached hydrogens (tertiary/aromatic N) is 1. The number of phenolic OH excluding ortho intramolecular Hbond substituents is 1. The maximum atomic E-state index is 13.5. The van der Waals surface area contributed by atoms with Crippen molar-refractivity contribution in [1.82, 2.24) is 4.98 Å². The SMILES string of the molecule is COP(=O)(Oc1cc(C(C)(C)C)c(O)c(C(C)(C)C)c1)C(C)Nc1cccnc1. The molecule has 2 aromatic rings. The van der Waals surface area contributed by atoms with E-state index in [1.54, 1.807) is 37.5 Å². The third kappa shape index (κ3) is 5.52. The van der Waals surface area contributed by atoms with E-state index in [0.717, 1.165) is 16.8 Å². The molecule has 0 saturated carbocycles. The summed E-state index contributed by atoms with van der Waals surface area (Å²) in [4.78, 5) is 4.05. The number of anilines is 1. The number of hydrogen-bond donors (Lipinski definition) is 2. The summed E-state index contributed by atoms with van der Waals surface area (Å²) in [5.41, 5.74) is 1.54. The molecule has 0 spiro atoms. The van der Waals surface area contributed by atoms with Crippen molar-refractivity contribution in [2.75, 3.05) is 12.4 Å². The molecule has 1 aromatic carbocycles. The number of aromatic hydroxyl groups is 1. The average Bonchev–Trinajstić information content (AvgIpc) is 2.61. The zero-order valence-electron chi connectivity index (χ0n) is 18.6. The topological polar surface area (TPSA) is 80.7 Å². The van der Waals surface area contributed by atoms with Crippen LogP contribution >= 0.6 is 7.60 Å². The molecule has 160 valence electrons. The highest BCUT2D eigenvalue weighted by atomic mass is 31.2. The molecule has 0 aliphatic heterocycles. The van der Waals surface area contributed by atoms with Crippen LogP contribution in [0, 0.1) is 0 Å². The Morgan fingerprint density at radius 1 is 1.10 bits per heavy atom. The zero-order chi connectivity index (χ0) is 22.0. The van der Waals surface area contributed by atoms with Gasteiger partial charge in [0.25, 0.3) is 0 Å². The number of rotatable bonds is 6. The third-order valence-corrected chi connectivity index (χ3v) is 6.75. The smallest absolute Gasteiger partial charge is 0.400 e. The van der Waals surface area contributed by atoms with Crippen molar-refractivity contribution >= 4 is 13.3 Å². The Morgan fingerprint density at radius 3 is 2.07 bits per heavy atom. The molecule has 29 heavy (non-hydrogen) atoms. The Bertz CT molecular complexity index is 851. The molecule has 1 aromatic heterocycles. The van der Waals surface area contributed by atoms with Gasteiger partial charge in [0.15, 0.2) is 0 Å². The molecule has 7 heteroatoms. The van der Waals surface area contributed by atoms with Gasteiger partial charge in [-0.15, -0.1) is 0 Å². The lowest BCUT2D eigenvalue weighted by atomic mass is 9.79. The fourth-order valence-corrected chi connectivity index (χ4v) is 4.25. The summed E-state index contributed by atoms with van der Waals surface area (Å²) in [7, 11) is -2.19. The van der Waals surface area contributed by atoms with Crippen molar-refractivity contribution in [3.63, 3.8) is 0 Å². The van der Waals surface area contributed by atoms with E-state index in [1.807, 2.05) is 47.6 Å². The van der Waals surface area contributed by atoms with Crippen molar-refractivity contribution in [3.8, 4) is 11.5 Å². The zero-order valence-corrected chi connectivity index (χ0v) is 19.5. The van der Waals surface area contributed by atoms with Gasteiger partial charge in [0.1, 0.15) is 17.3 Å². The van der Waals surface area contributed by atoms with Crippen LogP contribution < -0.4 is 9.84 Å². The summed E-state index contributed by atoms with van der Waals surface area (Å²) in [5.74, 6) is 0.0375. The van der Waals surface area contributed by atoms with Crippen LogP contribution in [-0.4, -0.2) is 23.0 Å². The molecule has 2 unspecified atom stereocenters. The Labute approximate surface area is 174 Å². The van der Waals surface area contributed by atoms with Crippen molar-refractivity contribution in [3.05, 3.63) is 47.8 Å². The first-order valence-electron chi connectivity index (χ1n) is 9.67. The summed E-state index contributed by atoms with van der Waals surface area (Å²) in [6, 6.07) is 7.11. The fraction of sp³-hybridized carbons (Fsp3) is 0.500. The summed E-state index contributed by atoms with van der Waals surface area (Å²) < 4.78 is 24.8. The van der Waals surface area contributed by atoms with Gasteiger partial charge in [0, 0.05) is 30.6 Å². The van der Waals surface area contributed by atoms with Crippen LogP contribution in [0.15, 0.2) is 36.7 Å². The molecule has 0 fully saturated rings. The Hall–Kier alpha value is -2.04. The van der Waals surface area contributed by atoms with Crippen molar-refractivity contribution in [2.24, 2.45) is 0 Å². The van der Waals surface area contributed by atoms with Gasteiger partial charge in [0.05, 0.1) is 5.69 Å². The van der Waals surface area contributed by atoms with Crippen molar-refractivity contribution in [2.45, 2.75) is 65.1 Å². The van der Waals surface area contributed by atoms with E-state index in [-0.39, 0.29) is 16.6 Å². The number of benzene rings is 1. The lowest BCUT2D eigenvalue weighted by Gasteiger charge is -2.30. The normalized spacial score (nSPS) is 15.4. The van der Waals surface area contributed by atoms with Crippen LogP contribution in [0.1, 0.15) is 59.6 Å². The molecular weight excluding hydrogens is 387 g/mol. The van der Waals surface area contributed by atoms with Gasteiger partial charge in [-0.3, -0.25) is 4.98 Å². The fourth-order valence-electron chi connectivity index (χ4n) is 2.99. The Balaban J connectivity index is 2.45. The van der Waals surface area contributed by atoms with E-state index in [4.69, 9.17) is 9.05 Å². The highest BCUT2D eigenvalue weighted by molar-refractivity contribution is 7.55. The molecule has 0 bridgehead atoms. The van der Waals surface area contributed by atoms with Gasteiger partial charge in [-0.25, -0.2) is 4.57 Å². The first kappa shape index (κ1) is 23.2. The van der Waals surface area contributed by atoms with Gasteiger partial charge in [0.2, 0.25) is 0 Å². The number of aromatic nitrogens is 1. The Morgan fingerprint density at radius 2 is 1.66 bits per heavy atom. The standard InChI is InChI=1S/C22H33N2O4P/c1-15(24-16-10-9-11-23-14-16)29(26,27-8)28-17-12-18(21(2,3)4)20(25)19(13-17)22(5,6)7/h9-15,24-25H,1-8H3. The maximum absolute atomic E-state index is 13.5. The van der Waals surface area contributed by atoms with E-state index >= 15 is 0 Å². The van der Waals surface area contributed by atoms with Gasteiger partial charge in [-0.1, -0.05) is 41.5 Å². The van der Waals surface area contributed by atoms with Crippen LogP contribution in [-0.2, 0) is 19.9 Å². The molecule has 0 amide bonds. The third-order valence-electron chi connectivity index (χ3n) is 4.70. The lowest BCUT2D eigenvalue weighted by molar-refractivity contribution is 0.314. The van der Waals surface area contributed by atoms with Gasteiger partial charge < -0.3 is 19.5 Å². The van der Waals surface area contributed by atoms with Crippen LogP contribution in [0.4, 0.5) is 5.69 Å². The molecule has 1 heterocycles. The first-order valence-corrected chi connectivity index (χ1v) is 11.3. The molecule has 0 saturated heterocycles. The highest BCUT2D eigenvalue weighted by Gasteiger charge is 2.35. The highest BCUT2D eigenvalue weighted by Crippen LogP contribution is 2.53. The molecular formula is C22H33N2O4P. The van der Waals surface area contributed by atoms with E-state index in [2.05, 4.69) is 10.3 Å².